The van der Waals surface area contributed by atoms with Gasteiger partial charge in [0.2, 0.25) is 5.91 Å². The number of aliphatic carboxylic acids is 1. The lowest BCUT2D eigenvalue weighted by atomic mass is 9.80. The summed E-state index contributed by atoms with van der Waals surface area (Å²) in [6, 6.07) is 0.756. The number of aromatic nitrogens is 1. The lowest BCUT2D eigenvalue weighted by molar-refractivity contribution is -0.138. The highest BCUT2D eigenvalue weighted by molar-refractivity contribution is 8.01. The van der Waals surface area contributed by atoms with Gasteiger partial charge in [-0.3, -0.25) is 14.6 Å². The highest BCUT2D eigenvalue weighted by atomic mass is 32.2. The minimum absolute atomic E-state index is 0.00475. The van der Waals surface area contributed by atoms with Crippen molar-refractivity contribution >= 4 is 23.6 Å². The van der Waals surface area contributed by atoms with Gasteiger partial charge in [0.15, 0.2) is 0 Å². The summed E-state index contributed by atoms with van der Waals surface area (Å²) in [4.78, 5) is 29.9. The van der Waals surface area contributed by atoms with E-state index in [0.717, 1.165) is 29.2 Å². The first kappa shape index (κ1) is 23.9. The summed E-state index contributed by atoms with van der Waals surface area (Å²) in [5.74, 6) is -0.146. The molecule has 3 rings (SSSR count). The van der Waals surface area contributed by atoms with Crippen molar-refractivity contribution in [2.45, 2.75) is 93.4 Å². The Morgan fingerprint density at radius 2 is 1.87 bits per heavy atom. The number of hydrogen-bond acceptors (Lipinski definition) is 6. The Bertz CT molecular complexity index is 763. The smallest absolute Gasteiger partial charge is 0.322 e. The topological polar surface area (TPSA) is 115 Å². The number of thioether (sulfide) groups is 1. The molecule has 0 radical (unpaired) electrons. The zero-order valence-electron chi connectivity index (χ0n) is 18.5. The van der Waals surface area contributed by atoms with Crippen molar-refractivity contribution < 1.29 is 19.4 Å². The fourth-order valence-corrected chi connectivity index (χ4v) is 6.09. The lowest BCUT2D eigenvalue weighted by Gasteiger charge is -2.28. The molecule has 2 unspecified atom stereocenters. The molecule has 1 aromatic heterocycles. The van der Waals surface area contributed by atoms with Gasteiger partial charge in [-0.25, -0.2) is 0 Å². The number of rotatable bonds is 7. The van der Waals surface area contributed by atoms with Gasteiger partial charge in [0.05, 0.1) is 21.9 Å². The molecule has 1 aliphatic carbocycles. The van der Waals surface area contributed by atoms with Gasteiger partial charge in [0.1, 0.15) is 11.8 Å². The van der Waals surface area contributed by atoms with Crippen molar-refractivity contribution in [1.82, 2.24) is 10.3 Å². The van der Waals surface area contributed by atoms with Gasteiger partial charge in [0.25, 0.3) is 0 Å². The van der Waals surface area contributed by atoms with E-state index < -0.39 is 12.0 Å². The van der Waals surface area contributed by atoms with Crippen molar-refractivity contribution in [1.29, 1.82) is 0 Å². The highest BCUT2D eigenvalue weighted by Crippen LogP contribution is 2.53. The number of nitrogens with two attached hydrogens (primary N) is 1. The minimum Gasteiger partial charge on any atom is -0.490 e. The second-order valence-corrected chi connectivity index (χ2v) is 10.1. The van der Waals surface area contributed by atoms with Crippen molar-refractivity contribution in [3.05, 3.63) is 18.0 Å². The molecule has 7 nitrogen and oxygen atoms in total. The first-order valence-corrected chi connectivity index (χ1v) is 12.3. The quantitative estimate of drug-likeness (QED) is 0.581. The van der Waals surface area contributed by atoms with Gasteiger partial charge >= 0.3 is 5.97 Å². The van der Waals surface area contributed by atoms with Gasteiger partial charge < -0.3 is 20.9 Å². The molecule has 3 atom stereocenters. The fourth-order valence-electron chi connectivity index (χ4n) is 4.60. The molecule has 0 saturated heterocycles. The molecule has 1 aromatic rings. The Balaban J connectivity index is 1.88. The van der Waals surface area contributed by atoms with Crippen LogP contribution in [0.2, 0.25) is 0 Å². The van der Waals surface area contributed by atoms with E-state index in [2.05, 4.69) is 5.32 Å². The maximum absolute atomic E-state index is 13.2. The summed E-state index contributed by atoms with van der Waals surface area (Å²) in [5.41, 5.74) is 6.56. The third-order valence-electron chi connectivity index (χ3n) is 6.12. The molecular formula is C23H35N3O4S. The fraction of sp³-hybridized carbons (Fsp3) is 0.696. The van der Waals surface area contributed by atoms with Crippen molar-refractivity contribution in [3.63, 3.8) is 0 Å². The van der Waals surface area contributed by atoms with Crippen LogP contribution in [-0.4, -0.2) is 45.9 Å². The Hall–Kier alpha value is -1.80. The number of pyridine rings is 1. The van der Waals surface area contributed by atoms with E-state index in [1.165, 1.54) is 50.3 Å². The number of nitrogens with zero attached hydrogens (tertiary/aromatic N) is 1. The molecule has 0 aromatic carbocycles. The Morgan fingerprint density at radius 1 is 1.23 bits per heavy atom. The molecule has 8 heteroatoms. The number of fused-ring (bicyclic) bond motifs is 1. The summed E-state index contributed by atoms with van der Waals surface area (Å²) in [5, 5.41) is 11.5. The van der Waals surface area contributed by atoms with E-state index in [1.54, 1.807) is 6.20 Å². The van der Waals surface area contributed by atoms with Crippen LogP contribution in [0.1, 0.15) is 76.8 Å². The SMILES string of the molecule is CC(C)Oc1ccnc2c1SC(C(=O)NC[C@@H](N)C(=O)O)C2C1CCCCCCCC1. The molecule has 1 amide bonds. The Morgan fingerprint density at radius 3 is 2.48 bits per heavy atom. The van der Waals surface area contributed by atoms with Crippen molar-refractivity contribution in [2.24, 2.45) is 11.7 Å². The molecule has 1 saturated carbocycles. The van der Waals surface area contributed by atoms with Gasteiger partial charge in [0, 0.05) is 18.7 Å². The second kappa shape index (κ2) is 11.2. The summed E-state index contributed by atoms with van der Waals surface area (Å²) in [6.07, 6.45) is 11.3. The largest absolute Gasteiger partial charge is 0.490 e. The van der Waals surface area contributed by atoms with Gasteiger partial charge in [-0.1, -0.05) is 38.5 Å². The number of carboxylic acids is 1. The Labute approximate surface area is 188 Å². The van der Waals surface area contributed by atoms with E-state index >= 15 is 0 Å². The van der Waals surface area contributed by atoms with E-state index in [-0.39, 0.29) is 29.7 Å². The number of ether oxygens (including phenoxy) is 1. The molecule has 0 bridgehead atoms. The number of carboxylic acid groups (broad SMARTS) is 1. The first-order valence-electron chi connectivity index (χ1n) is 11.5. The Kier molecular flexibility index (Phi) is 8.60. The zero-order chi connectivity index (χ0) is 22.4. The molecular weight excluding hydrogens is 414 g/mol. The van der Waals surface area contributed by atoms with E-state index in [4.69, 9.17) is 20.6 Å². The van der Waals surface area contributed by atoms with Gasteiger partial charge in [-0.15, -0.1) is 11.8 Å². The molecule has 31 heavy (non-hydrogen) atoms. The maximum Gasteiger partial charge on any atom is 0.322 e. The predicted molar refractivity (Wildman–Crippen MR) is 121 cm³/mol. The molecule has 2 aliphatic rings. The molecule has 1 fully saturated rings. The highest BCUT2D eigenvalue weighted by Gasteiger charge is 2.44. The monoisotopic (exact) mass is 449 g/mol. The van der Waals surface area contributed by atoms with Crippen molar-refractivity contribution in [2.75, 3.05) is 6.54 Å². The normalized spacial score (nSPS) is 23.4. The number of amides is 1. The maximum atomic E-state index is 13.2. The number of carbonyl (C=O) groups excluding carboxylic acids is 1. The molecule has 4 N–H and O–H groups in total. The number of nitrogens with one attached hydrogen (secondary N) is 1. The number of carbonyl (C=O) groups is 2. The van der Waals surface area contributed by atoms with E-state index in [0.29, 0.717) is 5.92 Å². The predicted octanol–water partition coefficient (Wildman–Crippen LogP) is 3.71. The lowest BCUT2D eigenvalue weighted by Crippen LogP contribution is -2.46. The van der Waals surface area contributed by atoms with Crippen LogP contribution in [0, 0.1) is 5.92 Å². The van der Waals surface area contributed by atoms with Crippen LogP contribution in [0.4, 0.5) is 0 Å². The van der Waals surface area contributed by atoms with E-state index in [1.807, 2.05) is 19.9 Å². The average Bonchev–Trinajstić information content (AvgIpc) is 3.17. The first-order chi connectivity index (χ1) is 14.9. The van der Waals surface area contributed by atoms with Crippen LogP contribution in [0.5, 0.6) is 5.75 Å². The zero-order valence-corrected chi connectivity index (χ0v) is 19.3. The van der Waals surface area contributed by atoms with Gasteiger partial charge in [-0.2, -0.15) is 0 Å². The van der Waals surface area contributed by atoms with Crippen LogP contribution in [-0.2, 0) is 9.59 Å². The van der Waals surface area contributed by atoms with Crippen LogP contribution in [0.25, 0.3) is 0 Å². The number of hydrogen-bond donors (Lipinski definition) is 3. The molecule has 2 heterocycles. The average molecular weight is 450 g/mol. The summed E-state index contributed by atoms with van der Waals surface area (Å²) >= 11 is 1.50. The molecule has 172 valence electrons. The third-order valence-corrected chi connectivity index (χ3v) is 7.53. The molecule has 1 aliphatic heterocycles. The van der Waals surface area contributed by atoms with Gasteiger partial charge in [-0.05, 0) is 38.7 Å². The van der Waals surface area contributed by atoms with Crippen LogP contribution >= 0.6 is 11.8 Å². The summed E-state index contributed by atoms with van der Waals surface area (Å²) < 4.78 is 6.02. The molecule has 0 spiro atoms. The minimum atomic E-state index is -1.12. The van der Waals surface area contributed by atoms with Crippen LogP contribution in [0.3, 0.4) is 0 Å². The van der Waals surface area contributed by atoms with Crippen LogP contribution in [0.15, 0.2) is 17.2 Å². The third kappa shape index (κ3) is 6.13. The van der Waals surface area contributed by atoms with E-state index in [9.17, 15) is 9.59 Å². The van der Waals surface area contributed by atoms with Crippen molar-refractivity contribution in [3.8, 4) is 5.75 Å². The summed E-state index contributed by atoms with van der Waals surface area (Å²) in [7, 11) is 0. The standard InChI is InChI=1S/C23H35N3O4S/c1-14(2)30-17-11-12-25-19-18(15-9-7-5-3-4-6-8-10-15)21(31-20(17)19)22(27)26-13-16(24)23(28)29/h11-12,14-16,18,21H,3-10,13,24H2,1-2H3,(H,26,27)(H,28,29)/t16-,18?,21?/m1/s1. The summed E-state index contributed by atoms with van der Waals surface area (Å²) in [6.45, 7) is 3.89. The second-order valence-electron chi connectivity index (χ2n) is 8.90. The van der Waals surface area contributed by atoms with Crippen LogP contribution < -0.4 is 15.8 Å².